The first-order chi connectivity index (χ1) is 8.66. The summed E-state index contributed by atoms with van der Waals surface area (Å²) in [6.45, 7) is 5.66. The maximum absolute atomic E-state index is 12.2. The van der Waals surface area contributed by atoms with Crippen LogP contribution in [0.2, 0.25) is 5.15 Å². The van der Waals surface area contributed by atoms with Crippen LogP contribution in [-0.2, 0) is 10.0 Å². The number of sulfonamides is 1. The summed E-state index contributed by atoms with van der Waals surface area (Å²) in [6, 6.07) is 2.46. The van der Waals surface area contributed by atoms with Gasteiger partial charge in [0.15, 0.2) is 0 Å². The monoisotopic (exact) mass is 306 g/mol. The zero-order valence-electron chi connectivity index (χ0n) is 11.2. The van der Waals surface area contributed by atoms with Crippen LogP contribution in [0.1, 0.15) is 27.2 Å². The van der Waals surface area contributed by atoms with Gasteiger partial charge in [-0.3, -0.25) is 0 Å². The number of aliphatic hydroxyl groups is 1. The standard InChI is InChI=1S/C12H19ClN2O3S/c1-12(2,3)10(6-7-16)15-19(17,18)9-4-5-11(13)14-8-9/h4-5,8,10,15-16H,6-7H2,1-3H3. The maximum Gasteiger partial charge on any atom is 0.242 e. The molecule has 0 aromatic carbocycles. The number of nitrogens with zero attached hydrogens (tertiary/aromatic N) is 1. The molecule has 19 heavy (non-hydrogen) atoms. The Balaban J connectivity index is 2.97. The topological polar surface area (TPSA) is 79.3 Å². The van der Waals surface area contributed by atoms with Crippen LogP contribution in [0.15, 0.2) is 23.2 Å². The van der Waals surface area contributed by atoms with E-state index in [4.69, 9.17) is 16.7 Å². The molecule has 1 unspecified atom stereocenters. The molecular formula is C12H19ClN2O3S. The molecule has 1 aromatic heterocycles. The summed E-state index contributed by atoms with van der Waals surface area (Å²) >= 11 is 5.63. The first-order valence-corrected chi connectivity index (χ1v) is 7.77. The average molecular weight is 307 g/mol. The Bertz CT molecular complexity index is 509. The Hall–Kier alpha value is -0.690. The fourth-order valence-electron chi connectivity index (χ4n) is 1.57. The van der Waals surface area contributed by atoms with Crippen molar-refractivity contribution in [1.82, 2.24) is 9.71 Å². The molecule has 5 nitrogen and oxygen atoms in total. The van der Waals surface area contributed by atoms with E-state index in [1.807, 2.05) is 20.8 Å². The van der Waals surface area contributed by atoms with Gasteiger partial charge in [0.2, 0.25) is 10.0 Å². The first kappa shape index (κ1) is 16.4. The van der Waals surface area contributed by atoms with Crippen LogP contribution in [0.5, 0.6) is 0 Å². The minimum atomic E-state index is -3.66. The summed E-state index contributed by atoms with van der Waals surface area (Å²) in [7, 11) is -3.66. The molecule has 0 radical (unpaired) electrons. The third-order valence-corrected chi connectivity index (χ3v) is 4.45. The highest BCUT2D eigenvalue weighted by Crippen LogP contribution is 2.23. The molecule has 2 N–H and O–H groups in total. The van der Waals surface area contributed by atoms with Gasteiger partial charge in [0, 0.05) is 18.8 Å². The van der Waals surface area contributed by atoms with Crippen molar-refractivity contribution in [3.63, 3.8) is 0 Å². The molecule has 0 saturated heterocycles. The number of pyridine rings is 1. The molecule has 0 aliphatic rings. The number of rotatable bonds is 5. The predicted octanol–water partition coefficient (Wildman–Crippen LogP) is 1.81. The number of aromatic nitrogens is 1. The summed E-state index contributed by atoms with van der Waals surface area (Å²) in [4.78, 5) is 3.82. The van der Waals surface area contributed by atoms with Gasteiger partial charge in [-0.1, -0.05) is 32.4 Å². The van der Waals surface area contributed by atoms with Crippen molar-refractivity contribution in [2.45, 2.75) is 38.1 Å². The molecule has 1 aromatic rings. The highest BCUT2D eigenvalue weighted by atomic mass is 35.5. The van der Waals surface area contributed by atoms with Gasteiger partial charge in [0.25, 0.3) is 0 Å². The van der Waals surface area contributed by atoms with E-state index in [-0.39, 0.29) is 28.1 Å². The number of halogens is 1. The summed E-state index contributed by atoms with van der Waals surface area (Å²) in [6.07, 6.45) is 1.56. The fourth-order valence-corrected chi connectivity index (χ4v) is 3.11. The summed E-state index contributed by atoms with van der Waals surface area (Å²) < 4.78 is 27.0. The van der Waals surface area contributed by atoms with Gasteiger partial charge in [-0.2, -0.15) is 0 Å². The molecule has 0 saturated carbocycles. The first-order valence-electron chi connectivity index (χ1n) is 5.91. The molecule has 0 aliphatic heterocycles. The van der Waals surface area contributed by atoms with E-state index in [1.54, 1.807) is 0 Å². The summed E-state index contributed by atoms with van der Waals surface area (Å²) in [5, 5.41) is 9.28. The van der Waals surface area contributed by atoms with Crippen LogP contribution < -0.4 is 4.72 Å². The Kier molecular flexibility index (Phi) is 5.32. The summed E-state index contributed by atoms with van der Waals surface area (Å²) in [5.41, 5.74) is -0.296. The van der Waals surface area contributed by atoms with Crippen LogP contribution in [0.25, 0.3) is 0 Å². The van der Waals surface area contributed by atoms with Crippen molar-refractivity contribution in [3.8, 4) is 0 Å². The Labute approximate surface area is 119 Å². The SMILES string of the molecule is CC(C)(C)C(CCO)NS(=O)(=O)c1ccc(Cl)nc1. The molecule has 0 aliphatic carbocycles. The average Bonchev–Trinajstić information content (AvgIpc) is 2.27. The van der Waals surface area contributed by atoms with Gasteiger partial charge < -0.3 is 5.11 Å². The molecule has 0 spiro atoms. The third-order valence-electron chi connectivity index (χ3n) is 2.77. The van der Waals surface area contributed by atoms with Crippen molar-refractivity contribution in [3.05, 3.63) is 23.5 Å². The van der Waals surface area contributed by atoms with Gasteiger partial charge in [0.05, 0.1) is 0 Å². The smallest absolute Gasteiger partial charge is 0.242 e. The van der Waals surface area contributed by atoms with E-state index in [2.05, 4.69) is 9.71 Å². The molecule has 7 heteroatoms. The molecule has 0 fully saturated rings. The third kappa shape index (κ3) is 4.72. The quantitative estimate of drug-likeness (QED) is 0.813. The van der Waals surface area contributed by atoms with Crippen molar-refractivity contribution < 1.29 is 13.5 Å². The molecule has 1 atom stereocenters. The second-order valence-electron chi connectivity index (χ2n) is 5.37. The number of hydrogen-bond acceptors (Lipinski definition) is 4. The van der Waals surface area contributed by atoms with Crippen molar-refractivity contribution in [2.24, 2.45) is 5.41 Å². The van der Waals surface area contributed by atoms with Gasteiger partial charge in [0.1, 0.15) is 10.0 Å². The van der Waals surface area contributed by atoms with E-state index in [9.17, 15) is 8.42 Å². The predicted molar refractivity (Wildman–Crippen MR) is 74.5 cm³/mol. The lowest BCUT2D eigenvalue weighted by atomic mass is 9.86. The number of aliphatic hydroxyl groups excluding tert-OH is 1. The van der Waals surface area contributed by atoms with Crippen LogP contribution in [0.3, 0.4) is 0 Å². The molecule has 1 rings (SSSR count). The zero-order chi connectivity index (χ0) is 14.7. The zero-order valence-corrected chi connectivity index (χ0v) is 12.8. The lowest BCUT2D eigenvalue weighted by Gasteiger charge is -2.30. The lowest BCUT2D eigenvalue weighted by Crippen LogP contribution is -2.44. The largest absolute Gasteiger partial charge is 0.396 e. The fraction of sp³-hybridized carbons (Fsp3) is 0.583. The molecule has 0 bridgehead atoms. The Morgan fingerprint density at radius 1 is 1.42 bits per heavy atom. The molecule has 0 amide bonds. The van der Waals surface area contributed by atoms with Gasteiger partial charge in [-0.25, -0.2) is 18.1 Å². The van der Waals surface area contributed by atoms with E-state index in [1.165, 1.54) is 18.3 Å². The van der Waals surface area contributed by atoms with Gasteiger partial charge in [-0.15, -0.1) is 0 Å². The minimum absolute atomic E-state index is 0.0593. The second kappa shape index (κ2) is 6.17. The van der Waals surface area contributed by atoms with Crippen LogP contribution in [-0.4, -0.2) is 31.2 Å². The maximum atomic E-state index is 12.2. The normalized spacial score (nSPS) is 14.4. The van der Waals surface area contributed by atoms with E-state index in [0.717, 1.165) is 0 Å². The minimum Gasteiger partial charge on any atom is -0.396 e. The summed E-state index contributed by atoms with van der Waals surface area (Å²) in [5.74, 6) is 0. The van der Waals surface area contributed by atoms with Crippen molar-refractivity contribution in [1.29, 1.82) is 0 Å². The van der Waals surface area contributed by atoms with Gasteiger partial charge in [-0.05, 0) is 24.0 Å². The van der Waals surface area contributed by atoms with Gasteiger partial charge >= 0.3 is 0 Å². The lowest BCUT2D eigenvalue weighted by molar-refractivity contribution is 0.214. The highest BCUT2D eigenvalue weighted by molar-refractivity contribution is 7.89. The van der Waals surface area contributed by atoms with E-state index < -0.39 is 10.0 Å². The molecular weight excluding hydrogens is 288 g/mol. The van der Waals surface area contributed by atoms with Crippen LogP contribution in [0.4, 0.5) is 0 Å². The highest BCUT2D eigenvalue weighted by Gasteiger charge is 2.29. The number of nitrogens with one attached hydrogen (secondary N) is 1. The van der Waals surface area contributed by atoms with E-state index >= 15 is 0 Å². The molecule has 1 heterocycles. The van der Waals surface area contributed by atoms with Crippen LogP contribution >= 0.6 is 11.6 Å². The second-order valence-corrected chi connectivity index (χ2v) is 7.47. The van der Waals surface area contributed by atoms with Crippen molar-refractivity contribution >= 4 is 21.6 Å². The van der Waals surface area contributed by atoms with Crippen LogP contribution in [0, 0.1) is 5.41 Å². The Morgan fingerprint density at radius 3 is 2.47 bits per heavy atom. The number of hydrogen-bond donors (Lipinski definition) is 2. The molecule has 108 valence electrons. The Morgan fingerprint density at radius 2 is 2.05 bits per heavy atom. The van der Waals surface area contributed by atoms with E-state index in [0.29, 0.717) is 6.42 Å². The van der Waals surface area contributed by atoms with Crippen molar-refractivity contribution in [2.75, 3.05) is 6.61 Å².